The van der Waals surface area contributed by atoms with Crippen LogP contribution in [0.1, 0.15) is 40.7 Å². The topological polar surface area (TPSA) is 172 Å². The number of nitrogens with zero attached hydrogens (tertiary/aromatic N) is 2. The fraction of sp³-hybridized carbons (Fsp3) is 0.452. The Morgan fingerprint density at radius 2 is 1.66 bits per heavy atom. The van der Waals surface area contributed by atoms with E-state index in [-0.39, 0.29) is 43.9 Å². The Bertz CT molecular complexity index is 1330. The lowest BCUT2D eigenvalue weighted by atomic mass is 10.1. The van der Waals surface area contributed by atoms with Crippen LogP contribution < -0.4 is 26.4 Å². The van der Waals surface area contributed by atoms with Crippen LogP contribution >= 0.6 is 0 Å². The molecule has 44 heavy (non-hydrogen) atoms. The summed E-state index contributed by atoms with van der Waals surface area (Å²) >= 11 is 0. The molecular weight excluding hydrogens is 568 g/mol. The zero-order valence-electron chi connectivity index (χ0n) is 24.9. The highest BCUT2D eigenvalue weighted by atomic mass is 16.5. The first kappa shape index (κ1) is 32.4. The van der Waals surface area contributed by atoms with Gasteiger partial charge >= 0.3 is 0 Å². The number of benzene rings is 2. The average molecular weight is 609 g/mol. The number of hydrogen-bond donors (Lipinski definition) is 4. The lowest BCUT2D eigenvalue weighted by Gasteiger charge is -2.26. The van der Waals surface area contributed by atoms with E-state index in [4.69, 9.17) is 15.2 Å². The highest BCUT2D eigenvalue weighted by molar-refractivity contribution is 6.01. The maximum atomic E-state index is 13.4. The van der Waals surface area contributed by atoms with Crippen LogP contribution in [-0.2, 0) is 37.0 Å². The van der Waals surface area contributed by atoms with Crippen molar-refractivity contribution >= 4 is 29.5 Å². The van der Waals surface area contributed by atoms with E-state index >= 15 is 0 Å². The molecule has 2 aromatic rings. The van der Waals surface area contributed by atoms with Gasteiger partial charge in [-0.15, -0.1) is 0 Å². The number of morpholine rings is 1. The lowest BCUT2D eigenvalue weighted by molar-refractivity contribution is -0.136. The summed E-state index contributed by atoms with van der Waals surface area (Å²) in [5, 5.41) is 8.08. The molecule has 4 rings (SSSR count). The molecule has 0 aliphatic carbocycles. The Kier molecular flexibility index (Phi) is 11.7. The van der Waals surface area contributed by atoms with Gasteiger partial charge in [0.05, 0.1) is 31.7 Å². The molecule has 0 bridgehead atoms. The molecule has 1 saturated heterocycles. The molecule has 2 aliphatic heterocycles. The number of nitrogens with one attached hydrogen (secondary N) is 3. The second-order valence-corrected chi connectivity index (χ2v) is 10.9. The largest absolute Gasteiger partial charge is 0.491 e. The van der Waals surface area contributed by atoms with Gasteiger partial charge in [-0.05, 0) is 29.7 Å². The van der Waals surface area contributed by atoms with E-state index in [9.17, 15) is 24.0 Å². The van der Waals surface area contributed by atoms with Gasteiger partial charge in [0.1, 0.15) is 24.4 Å². The van der Waals surface area contributed by atoms with E-state index in [0.29, 0.717) is 0 Å². The van der Waals surface area contributed by atoms with E-state index in [1.54, 1.807) is 31.3 Å². The van der Waals surface area contributed by atoms with Crippen LogP contribution in [-0.4, -0.2) is 97.9 Å². The number of fused-ring (bicyclic) bond motifs is 1. The minimum Gasteiger partial charge on any atom is -0.491 e. The molecule has 2 aliphatic rings. The van der Waals surface area contributed by atoms with Crippen molar-refractivity contribution in [3.05, 3.63) is 65.2 Å². The normalized spacial score (nSPS) is 20.4. The molecule has 1 fully saturated rings. The predicted octanol–water partition coefficient (Wildman–Crippen LogP) is -0.0752. The van der Waals surface area contributed by atoms with Crippen molar-refractivity contribution in [1.29, 1.82) is 0 Å². The summed E-state index contributed by atoms with van der Waals surface area (Å²) in [7, 11) is 1.55. The van der Waals surface area contributed by atoms with Crippen molar-refractivity contribution in [2.75, 3.05) is 46.5 Å². The van der Waals surface area contributed by atoms with E-state index in [1.165, 1.54) is 4.90 Å². The molecule has 5 N–H and O–H groups in total. The minimum atomic E-state index is -1.26. The minimum absolute atomic E-state index is 0.0152. The van der Waals surface area contributed by atoms with Crippen molar-refractivity contribution in [1.82, 2.24) is 25.8 Å². The number of carbonyl (C=O) groups excluding carboxylic acids is 5. The number of para-hydroxylation sites is 1. The SMILES string of the molecule is CN1CCOc2ccccc2C(=O)N[C@H](C(=O)NCc2ccc(CN3CCOCC3)cc2)CC(=O)N[C@@H](CCC(N)=O)C1=O. The zero-order valence-corrected chi connectivity index (χ0v) is 24.9. The van der Waals surface area contributed by atoms with Crippen LogP contribution in [0.2, 0.25) is 0 Å². The third kappa shape index (κ3) is 9.51. The lowest BCUT2D eigenvalue weighted by Crippen LogP contribution is -2.52. The van der Waals surface area contributed by atoms with Crippen LogP contribution in [0.3, 0.4) is 0 Å². The van der Waals surface area contributed by atoms with Crippen LogP contribution in [0, 0.1) is 0 Å². The summed E-state index contributed by atoms with van der Waals surface area (Å²) in [4.78, 5) is 68.0. The molecule has 2 aromatic carbocycles. The van der Waals surface area contributed by atoms with Gasteiger partial charge in [-0.1, -0.05) is 36.4 Å². The number of likely N-dealkylation sites (N-methyl/N-ethyl adjacent to an activating group) is 1. The molecular formula is C31H40N6O7. The van der Waals surface area contributed by atoms with Gasteiger partial charge in [-0.2, -0.15) is 0 Å². The van der Waals surface area contributed by atoms with Gasteiger partial charge < -0.3 is 36.1 Å². The molecule has 0 aromatic heterocycles. The summed E-state index contributed by atoms with van der Waals surface area (Å²) in [6.45, 7) is 4.42. The second kappa shape index (κ2) is 15.8. The molecule has 0 unspecified atom stereocenters. The Hall–Kier alpha value is -4.49. The summed E-state index contributed by atoms with van der Waals surface area (Å²) in [5.74, 6) is -2.59. The molecule has 13 nitrogen and oxygen atoms in total. The van der Waals surface area contributed by atoms with Crippen molar-refractivity contribution in [2.45, 2.75) is 44.4 Å². The van der Waals surface area contributed by atoms with Crippen LogP contribution in [0.25, 0.3) is 0 Å². The molecule has 2 atom stereocenters. The first-order chi connectivity index (χ1) is 21.2. The number of hydrogen-bond acceptors (Lipinski definition) is 8. The maximum absolute atomic E-state index is 13.4. The molecule has 236 valence electrons. The van der Waals surface area contributed by atoms with Gasteiger partial charge in [0.2, 0.25) is 23.6 Å². The molecule has 5 amide bonds. The third-order valence-electron chi connectivity index (χ3n) is 7.52. The van der Waals surface area contributed by atoms with Gasteiger partial charge in [0.25, 0.3) is 5.91 Å². The van der Waals surface area contributed by atoms with Crippen LogP contribution in [0.4, 0.5) is 0 Å². The van der Waals surface area contributed by atoms with Gasteiger partial charge in [0.15, 0.2) is 0 Å². The second-order valence-electron chi connectivity index (χ2n) is 10.9. The standard InChI is InChI=1S/C31H40N6O7/c1-36-12-17-44-26-5-3-2-4-23(26)29(40)35-25(18-28(39)34-24(31(36)42)10-11-27(32)38)30(41)33-19-21-6-8-22(9-7-21)20-37-13-15-43-16-14-37/h2-9,24-25H,10-20H2,1H3,(H2,32,38)(H,33,41)(H,34,39)(H,35,40)/t24-,25-/m0/s1. The summed E-state index contributed by atoms with van der Waals surface area (Å²) < 4.78 is 11.2. The smallest absolute Gasteiger partial charge is 0.255 e. The van der Waals surface area contributed by atoms with Crippen LogP contribution in [0.5, 0.6) is 5.75 Å². The van der Waals surface area contributed by atoms with E-state index in [0.717, 1.165) is 44.0 Å². The Labute approximate surface area is 256 Å². The quantitative estimate of drug-likeness (QED) is 0.322. The van der Waals surface area contributed by atoms with E-state index < -0.39 is 48.0 Å². The number of ether oxygens (including phenoxy) is 2. The Balaban J connectivity index is 1.48. The first-order valence-electron chi connectivity index (χ1n) is 14.7. The Morgan fingerprint density at radius 1 is 0.955 bits per heavy atom. The third-order valence-corrected chi connectivity index (χ3v) is 7.52. The van der Waals surface area contributed by atoms with Crippen molar-refractivity contribution in [3.8, 4) is 5.75 Å². The van der Waals surface area contributed by atoms with Crippen molar-refractivity contribution in [3.63, 3.8) is 0 Å². The Morgan fingerprint density at radius 3 is 2.39 bits per heavy atom. The summed E-state index contributed by atoms with van der Waals surface area (Å²) in [5.41, 5.74) is 7.46. The predicted molar refractivity (Wildman–Crippen MR) is 160 cm³/mol. The fourth-order valence-corrected chi connectivity index (χ4v) is 4.97. The fourth-order valence-electron chi connectivity index (χ4n) is 4.97. The highest BCUT2D eigenvalue weighted by Gasteiger charge is 2.30. The highest BCUT2D eigenvalue weighted by Crippen LogP contribution is 2.19. The van der Waals surface area contributed by atoms with Gasteiger partial charge in [-0.25, -0.2) is 0 Å². The molecule has 0 spiro atoms. The van der Waals surface area contributed by atoms with Crippen molar-refractivity contribution in [2.24, 2.45) is 5.73 Å². The van der Waals surface area contributed by atoms with E-state index in [1.807, 2.05) is 24.3 Å². The summed E-state index contributed by atoms with van der Waals surface area (Å²) in [6, 6.07) is 12.1. The molecule has 2 heterocycles. The number of amides is 5. The molecule has 0 radical (unpaired) electrons. The van der Waals surface area contributed by atoms with Crippen molar-refractivity contribution < 1.29 is 33.4 Å². The monoisotopic (exact) mass is 608 g/mol. The number of primary amides is 1. The maximum Gasteiger partial charge on any atom is 0.255 e. The molecule has 13 heteroatoms. The average Bonchev–Trinajstić information content (AvgIpc) is 3.02. The summed E-state index contributed by atoms with van der Waals surface area (Å²) in [6.07, 6.45) is -0.581. The number of nitrogens with two attached hydrogens (primary N) is 1. The van der Waals surface area contributed by atoms with Crippen LogP contribution in [0.15, 0.2) is 48.5 Å². The molecule has 0 saturated carbocycles. The number of carbonyl (C=O) groups is 5. The zero-order chi connectivity index (χ0) is 31.5. The van der Waals surface area contributed by atoms with Gasteiger partial charge in [-0.3, -0.25) is 28.9 Å². The van der Waals surface area contributed by atoms with Gasteiger partial charge in [0, 0.05) is 39.6 Å². The van der Waals surface area contributed by atoms with E-state index in [2.05, 4.69) is 20.9 Å². The first-order valence-corrected chi connectivity index (χ1v) is 14.7. The number of rotatable bonds is 8.